The van der Waals surface area contributed by atoms with Crippen LogP contribution >= 0.6 is 0 Å². The molecule has 0 aromatic rings. The van der Waals surface area contributed by atoms with Gasteiger partial charge in [-0.15, -0.1) is 0 Å². The van der Waals surface area contributed by atoms with Crippen LogP contribution in [0.25, 0.3) is 0 Å². The zero-order valence-electron chi connectivity index (χ0n) is 8.84. The van der Waals surface area contributed by atoms with Gasteiger partial charge in [0.05, 0.1) is 0 Å². The highest BCUT2D eigenvalue weighted by Gasteiger charge is 2.28. The molecule has 0 aromatic heterocycles. The molecule has 1 amide bonds. The molecule has 0 unspecified atom stereocenters. The Balaban J connectivity index is 2.52. The first kappa shape index (κ1) is 10.5. The summed E-state index contributed by atoms with van der Waals surface area (Å²) in [6.07, 6.45) is 2.31. The Morgan fingerprint density at radius 1 is 1.62 bits per heavy atom. The maximum absolute atomic E-state index is 11.7. The number of hydrogen-bond acceptors (Lipinski definition) is 2. The van der Waals surface area contributed by atoms with Crippen molar-refractivity contribution in [1.29, 1.82) is 0 Å². The minimum atomic E-state index is 0.137. The summed E-state index contributed by atoms with van der Waals surface area (Å²) in [5.41, 5.74) is 0. The van der Waals surface area contributed by atoms with Crippen LogP contribution in [0.2, 0.25) is 0 Å². The summed E-state index contributed by atoms with van der Waals surface area (Å²) in [5.74, 6) is 0.440. The molecule has 1 aliphatic heterocycles. The average molecular weight is 184 g/mol. The third-order valence-corrected chi connectivity index (χ3v) is 2.59. The lowest BCUT2D eigenvalue weighted by molar-refractivity contribution is -0.135. The smallest absolute Gasteiger partial charge is 0.225 e. The van der Waals surface area contributed by atoms with E-state index >= 15 is 0 Å². The second-order valence-electron chi connectivity index (χ2n) is 4.04. The molecule has 1 saturated heterocycles. The van der Waals surface area contributed by atoms with E-state index in [9.17, 15) is 4.79 Å². The molecule has 0 bridgehead atoms. The van der Waals surface area contributed by atoms with E-state index in [4.69, 9.17) is 0 Å². The van der Waals surface area contributed by atoms with E-state index < -0.39 is 0 Å². The molecule has 3 heteroatoms. The minimum Gasteiger partial charge on any atom is -0.338 e. The lowest BCUT2D eigenvalue weighted by Crippen LogP contribution is -2.42. The fourth-order valence-electron chi connectivity index (χ4n) is 1.91. The van der Waals surface area contributed by atoms with Gasteiger partial charge in [0.2, 0.25) is 5.91 Å². The monoisotopic (exact) mass is 184 g/mol. The van der Waals surface area contributed by atoms with Crippen LogP contribution in [0.4, 0.5) is 0 Å². The second-order valence-corrected chi connectivity index (χ2v) is 4.04. The lowest BCUT2D eigenvalue weighted by atomic mass is 10.1. The van der Waals surface area contributed by atoms with Gasteiger partial charge in [-0.3, -0.25) is 4.79 Å². The van der Waals surface area contributed by atoms with Gasteiger partial charge < -0.3 is 10.2 Å². The van der Waals surface area contributed by atoms with Crippen LogP contribution in [0.5, 0.6) is 0 Å². The molecule has 1 N–H and O–H groups in total. The van der Waals surface area contributed by atoms with Crippen LogP contribution in [0, 0.1) is 5.92 Å². The number of amides is 1. The largest absolute Gasteiger partial charge is 0.338 e. The van der Waals surface area contributed by atoms with Gasteiger partial charge in [0, 0.05) is 25.0 Å². The molecule has 76 valence electrons. The van der Waals surface area contributed by atoms with Crippen LogP contribution in [-0.2, 0) is 4.79 Å². The number of likely N-dealkylation sites (tertiary alicyclic amines) is 1. The van der Waals surface area contributed by atoms with Crippen LogP contribution < -0.4 is 5.32 Å². The van der Waals surface area contributed by atoms with Gasteiger partial charge in [-0.2, -0.15) is 0 Å². The standard InChI is InChI=1S/C10H20N2O/c1-8(2)10(13)12-6-4-5-9(12)7-11-3/h8-9,11H,4-7H2,1-3H3/t9-/m1/s1. The highest BCUT2D eigenvalue weighted by molar-refractivity contribution is 5.78. The van der Waals surface area contributed by atoms with E-state index in [2.05, 4.69) is 5.32 Å². The molecule has 13 heavy (non-hydrogen) atoms. The van der Waals surface area contributed by atoms with Gasteiger partial charge in [0.15, 0.2) is 0 Å². The zero-order valence-corrected chi connectivity index (χ0v) is 8.84. The molecule has 1 fully saturated rings. The number of carbonyl (C=O) groups is 1. The Hall–Kier alpha value is -0.570. The number of nitrogens with zero attached hydrogens (tertiary/aromatic N) is 1. The van der Waals surface area contributed by atoms with Gasteiger partial charge in [-0.1, -0.05) is 13.8 Å². The lowest BCUT2D eigenvalue weighted by Gasteiger charge is -2.26. The van der Waals surface area contributed by atoms with Crippen LogP contribution in [-0.4, -0.2) is 37.0 Å². The third kappa shape index (κ3) is 2.44. The van der Waals surface area contributed by atoms with E-state index in [1.807, 2.05) is 25.8 Å². The maximum Gasteiger partial charge on any atom is 0.225 e. The predicted octanol–water partition coefficient (Wildman–Crippen LogP) is 0.853. The molecule has 0 radical (unpaired) electrons. The maximum atomic E-state index is 11.7. The van der Waals surface area contributed by atoms with Gasteiger partial charge in [0.1, 0.15) is 0 Å². The van der Waals surface area contributed by atoms with E-state index in [0.29, 0.717) is 11.9 Å². The molecule has 3 nitrogen and oxygen atoms in total. The fraction of sp³-hybridized carbons (Fsp3) is 0.900. The topological polar surface area (TPSA) is 32.3 Å². The van der Waals surface area contributed by atoms with E-state index in [0.717, 1.165) is 25.9 Å². The van der Waals surface area contributed by atoms with E-state index in [1.54, 1.807) is 0 Å². The van der Waals surface area contributed by atoms with Gasteiger partial charge in [-0.05, 0) is 19.9 Å². The molecule has 0 saturated carbocycles. The Bertz CT molecular complexity index is 180. The van der Waals surface area contributed by atoms with Crippen molar-refractivity contribution in [2.75, 3.05) is 20.1 Å². The summed E-state index contributed by atoms with van der Waals surface area (Å²) in [7, 11) is 1.94. The first-order valence-corrected chi connectivity index (χ1v) is 5.12. The van der Waals surface area contributed by atoms with Crippen LogP contribution in [0.1, 0.15) is 26.7 Å². The first-order chi connectivity index (χ1) is 6.16. The Labute approximate surface area is 80.5 Å². The minimum absolute atomic E-state index is 0.137. The molecule has 0 aliphatic carbocycles. The summed E-state index contributed by atoms with van der Waals surface area (Å²) >= 11 is 0. The van der Waals surface area contributed by atoms with E-state index in [1.165, 1.54) is 0 Å². The van der Waals surface area contributed by atoms with Crippen molar-refractivity contribution < 1.29 is 4.79 Å². The van der Waals surface area contributed by atoms with Crippen molar-refractivity contribution in [3.63, 3.8) is 0 Å². The summed E-state index contributed by atoms with van der Waals surface area (Å²) in [6, 6.07) is 0.430. The van der Waals surface area contributed by atoms with Gasteiger partial charge >= 0.3 is 0 Å². The molecule has 1 rings (SSSR count). The third-order valence-electron chi connectivity index (χ3n) is 2.59. The van der Waals surface area contributed by atoms with Crippen molar-refractivity contribution >= 4 is 5.91 Å². The summed E-state index contributed by atoms with van der Waals surface area (Å²) in [5, 5.41) is 3.14. The normalized spacial score (nSPS) is 22.8. The van der Waals surface area contributed by atoms with Crippen molar-refractivity contribution in [3.8, 4) is 0 Å². The molecule has 1 aliphatic rings. The summed E-state index contributed by atoms with van der Waals surface area (Å²) in [4.78, 5) is 13.8. The number of likely N-dealkylation sites (N-methyl/N-ethyl adjacent to an activating group) is 1. The Kier molecular flexibility index (Phi) is 3.72. The quantitative estimate of drug-likeness (QED) is 0.705. The average Bonchev–Trinajstić information content (AvgIpc) is 2.52. The number of rotatable bonds is 3. The van der Waals surface area contributed by atoms with Gasteiger partial charge in [0.25, 0.3) is 0 Å². The first-order valence-electron chi connectivity index (χ1n) is 5.12. The molecular formula is C10H20N2O. The fourth-order valence-corrected chi connectivity index (χ4v) is 1.91. The molecule has 0 aromatic carbocycles. The van der Waals surface area contributed by atoms with Crippen LogP contribution in [0.3, 0.4) is 0 Å². The number of hydrogen-bond donors (Lipinski definition) is 1. The van der Waals surface area contributed by atoms with Crippen molar-refractivity contribution in [2.45, 2.75) is 32.7 Å². The summed E-state index contributed by atoms with van der Waals surface area (Å²) in [6.45, 7) is 5.82. The molecule has 1 atom stereocenters. The number of nitrogens with one attached hydrogen (secondary N) is 1. The summed E-state index contributed by atoms with van der Waals surface area (Å²) < 4.78 is 0. The Morgan fingerprint density at radius 2 is 2.31 bits per heavy atom. The van der Waals surface area contributed by atoms with E-state index in [-0.39, 0.29) is 5.92 Å². The van der Waals surface area contributed by atoms with Crippen molar-refractivity contribution in [2.24, 2.45) is 5.92 Å². The van der Waals surface area contributed by atoms with Crippen LogP contribution in [0.15, 0.2) is 0 Å². The zero-order chi connectivity index (χ0) is 9.84. The molecular weight excluding hydrogens is 164 g/mol. The molecule has 1 heterocycles. The second kappa shape index (κ2) is 4.61. The highest BCUT2D eigenvalue weighted by Crippen LogP contribution is 2.18. The molecule has 0 spiro atoms. The van der Waals surface area contributed by atoms with Gasteiger partial charge in [-0.25, -0.2) is 0 Å². The number of carbonyl (C=O) groups excluding carboxylic acids is 1. The van der Waals surface area contributed by atoms with Crippen molar-refractivity contribution in [1.82, 2.24) is 10.2 Å². The predicted molar refractivity (Wildman–Crippen MR) is 53.5 cm³/mol. The van der Waals surface area contributed by atoms with Crippen molar-refractivity contribution in [3.05, 3.63) is 0 Å². The highest BCUT2D eigenvalue weighted by atomic mass is 16.2. The SMILES string of the molecule is CNC[C@H]1CCCN1C(=O)C(C)C. The Morgan fingerprint density at radius 3 is 2.85 bits per heavy atom.